The Kier molecular flexibility index (Phi) is 5.07. The van der Waals surface area contributed by atoms with E-state index in [1.807, 2.05) is 44.2 Å². The Morgan fingerprint density at radius 3 is 2.34 bits per heavy atom. The molecule has 8 heteroatoms. The Balaban J connectivity index is 1.55. The van der Waals surface area contributed by atoms with Crippen LogP contribution in [0.4, 0.5) is 0 Å². The molecule has 1 aliphatic carbocycles. The number of rotatable bonds is 5. The molecule has 158 valence electrons. The lowest BCUT2D eigenvalue weighted by molar-refractivity contribution is -0.146. The molecule has 1 unspecified atom stereocenters. The summed E-state index contributed by atoms with van der Waals surface area (Å²) in [7, 11) is -2.18. The van der Waals surface area contributed by atoms with Crippen LogP contribution >= 0.6 is 0 Å². The SMILES string of the molecule is C[C@@H]1C(=O)N(C(=O)C2[C@@H](C)[C@H]2C)[C@H]2CCN(S(=O)(=O)N(C)Cc3ccccc3)[C@H]12. The van der Waals surface area contributed by atoms with Gasteiger partial charge in [0.15, 0.2) is 0 Å². The molecule has 7 nitrogen and oxygen atoms in total. The van der Waals surface area contributed by atoms with Crippen molar-refractivity contribution in [3.05, 3.63) is 35.9 Å². The van der Waals surface area contributed by atoms with Crippen molar-refractivity contribution in [2.45, 2.75) is 45.8 Å². The number of likely N-dealkylation sites (tertiary alicyclic amines) is 1. The van der Waals surface area contributed by atoms with Gasteiger partial charge in [0.05, 0.1) is 18.0 Å². The second-order valence-corrected chi connectivity index (χ2v) is 10.8. The van der Waals surface area contributed by atoms with Gasteiger partial charge < -0.3 is 0 Å². The third-order valence-electron chi connectivity index (χ3n) is 7.13. The van der Waals surface area contributed by atoms with E-state index in [2.05, 4.69) is 0 Å². The molecule has 3 aliphatic rings. The van der Waals surface area contributed by atoms with Gasteiger partial charge in [-0.15, -0.1) is 0 Å². The first kappa shape index (κ1) is 20.5. The van der Waals surface area contributed by atoms with Crippen molar-refractivity contribution in [1.29, 1.82) is 0 Å². The molecule has 0 N–H and O–H groups in total. The van der Waals surface area contributed by atoms with E-state index in [-0.39, 0.29) is 42.2 Å². The lowest BCUT2D eigenvalue weighted by Gasteiger charge is -2.29. The van der Waals surface area contributed by atoms with Crippen molar-refractivity contribution in [3.63, 3.8) is 0 Å². The maximum absolute atomic E-state index is 13.3. The van der Waals surface area contributed by atoms with Crippen LogP contribution in [0.2, 0.25) is 0 Å². The van der Waals surface area contributed by atoms with E-state index in [1.54, 1.807) is 14.0 Å². The molecule has 0 spiro atoms. The zero-order valence-electron chi connectivity index (χ0n) is 17.4. The van der Waals surface area contributed by atoms with Gasteiger partial charge in [-0.2, -0.15) is 17.0 Å². The molecule has 4 rings (SSSR count). The average molecular weight is 420 g/mol. The van der Waals surface area contributed by atoms with E-state index in [9.17, 15) is 18.0 Å². The van der Waals surface area contributed by atoms with E-state index >= 15 is 0 Å². The zero-order valence-corrected chi connectivity index (χ0v) is 18.2. The average Bonchev–Trinajstić information content (AvgIpc) is 3.02. The van der Waals surface area contributed by atoms with E-state index < -0.39 is 22.2 Å². The van der Waals surface area contributed by atoms with Crippen LogP contribution in [0, 0.1) is 23.7 Å². The normalized spacial score (nSPS) is 34.7. The molecular formula is C21H29N3O4S. The highest BCUT2D eigenvalue weighted by atomic mass is 32.2. The number of hydrogen-bond donors (Lipinski definition) is 0. The third kappa shape index (κ3) is 3.21. The van der Waals surface area contributed by atoms with Crippen LogP contribution in [-0.2, 0) is 26.3 Å². The van der Waals surface area contributed by atoms with Crippen molar-refractivity contribution in [2.24, 2.45) is 23.7 Å². The number of nitrogens with zero attached hydrogens (tertiary/aromatic N) is 3. The van der Waals surface area contributed by atoms with Crippen LogP contribution in [0.5, 0.6) is 0 Å². The molecule has 29 heavy (non-hydrogen) atoms. The summed E-state index contributed by atoms with van der Waals surface area (Å²) in [4.78, 5) is 27.3. The van der Waals surface area contributed by atoms with E-state index in [4.69, 9.17) is 0 Å². The van der Waals surface area contributed by atoms with Gasteiger partial charge in [-0.3, -0.25) is 14.5 Å². The molecule has 2 saturated heterocycles. The van der Waals surface area contributed by atoms with Crippen LogP contribution < -0.4 is 0 Å². The molecule has 2 aliphatic heterocycles. The number of fused-ring (bicyclic) bond motifs is 1. The standard InChI is InChI=1S/C21H29N3O4S/c1-13-14(2)18(13)21(26)24-17-10-11-23(19(17)15(3)20(24)25)29(27,28)22(4)12-16-8-6-5-7-9-16/h5-9,13-15,17-19H,10-12H2,1-4H3/t13-,14+,15-,17-,18?,19+/m0/s1. The van der Waals surface area contributed by atoms with Crippen molar-refractivity contribution >= 4 is 22.0 Å². The van der Waals surface area contributed by atoms with Gasteiger partial charge in [0.1, 0.15) is 0 Å². The highest BCUT2D eigenvalue weighted by molar-refractivity contribution is 7.86. The minimum absolute atomic E-state index is 0.115. The maximum atomic E-state index is 13.3. The van der Waals surface area contributed by atoms with Gasteiger partial charge in [0, 0.05) is 26.1 Å². The Hall–Kier alpha value is -1.77. The Bertz CT molecular complexity index is 911. The Labute approximate surface area is 172 Å². The maximum Gasteiger partial charge on any atom is 0.282 e. The van der Waals surface area contributed by atoms with Crippen molar-refractivity contribution < 1.29 is 18.0 Å². The van der Waals surface area contributed by atoms with Gasteiger partial charge in [-0.1, -0.05) is 51.1 Å². The first-order valence-electron chi connectivity index (χ1n) is 10.3. The predicted octanol–water partition coefficient (Wildman–Crippen LogP) is 1.71. The van der Waals surface area contributed by atoms with E-state index in [0.29, 0.717) is 13.0 Å². The lowest BCUT2D eigenvalue weighted by Crippen LogP contribution is -2.48. The molecule has 0 bridgehead atoms. The van der Waals surface area contributed by atoms with E-state index in [0.717, 1.165) is 5.56 Å². The molecule has 1 aromatic carbocycles. The Morgan fingerprint density at radius 2 is 1.76 bits per heavy atom. The molecule has 3 fully saturated rings. The van der Waals surface area contributed by atoms with Gasteiger partial charge in [-0.05, 0) is 23.8 Å². The van der Waals surface area contributed by atoms with Gasteiger partial charge in [0.2, 0.25) is 11.8 Å². The minimum atomic E-state index is -3.75. The van der Waals surface area contributed by atoms with Crippen LogP contribution in [0.25, 0.3) is 0 Å². The molecule has 0 aromatic heterocycles. The number of benzene rings is 1. The van der Waals surface area contributed by atoms with E-state index in [1.165, 1.54) is 13.5 Å². The molecule has 1 saturated carbocycles. The Morgan fingerprint density at radius 1 is 1.14 bits per heavy atom. The highest BCUT2D eigenvalue weighted by Crippen LogP contribution is 2.49. The number of carbonyl (C=O) groups excluding carboxylic acids is 2. The number of amides is 2. The largest absolute Gasteiger partial charge is 0.282 e. The molecule has 1 aromatic rings. The zero-order chi connectivity index (χ0) is 21.1. The fourth-order valence-corrected chi connectivity index (χ4v) is 6.72. The number of hydrogen-bond acceptors (Lipinski definition) is 4. The monoisotopic (exact) mass is 419 g/mol. The van der Waals surface area contributed by atoms with Crippen molar-refractivity contribution in [1.82, 2.24) is 13.5 Å². The number of imide groups is 1. The van der Waals surface area contributed by atoms with Crippen LogP contribution in [0.15, 0.2) is 30.3 Å². The summed E-state index contributed by atoms with van der Waals surface area (Å²) in [6.07, 6.45) is 0.500. The topological polar surface area (TPSA) is 78.0 Å². The van der Waals surface area contributed by atoms with Gasteiger partial charge in [-0.25, -0.2) is 0 Å². The first-order valence-corrected chi connectivity index (χ1v) is 11.7. The molecule has 6 atom stereocenters. The predicted molar refractivity (Wildman–Crippen MR) is 109 cm³/mol. The summed E-state index contributed by atoms with van der Waals surface area (Å²) < 4.78 is 29.4. The van der Waals surface area contributed by atoms with Crippen molar-refractivity contribution in [3.8, 4) is 0 Å². The molecular weight excluding hydrogens is 390 g/mol. The highest BCUT2D eigenvalue weighted by Gasteiger charge is 2.60. The fourth-order valence-electron chi connectivity index (χ4n) is 5.08. The summed E-state index contributed by atoms with van der Waals surface area (Å²) in [5.41, 5.74) is 0.901. The number of carbonyl (C=O) groups is 2. The summed E-state index contributed by atoms with van der Waals surface area (Å²) in [6, 6.07) is 8.58. The second-order valence-electron chi connectivity index (χ2n) is 8.79. The van der Waals surface area contributed by atoms with Crippen LogP contribution in [-0.4, -0.2) is 59.4 Å². The first-order chi connectivity index (χ1) is 13.7. The minimum Gasteiger partial charge on any atom is -0.277 e. The second kappa shape index (κ2) is 7.18. The summed E-state index contributed by atoms with van der Waals surface area (Å²) in [6.45, 7) is 6.39. The summed E-state index contributed by atoms with van der Waals surface area (Å²) in [5, 5.41) is 0. The van der Waals surface area contributed by atoms with Crippen LogP contribution in [0.1, 0.15) is 32.8 Å². The summed E-state index contributed by atoms with van der Waals surface area (Å²) in [5.74, 6) is -0.425. The molecule has 2 amide bonds. The third-order valence-corrected chi connectivity index (χ3v) is 9.06. The smallest absolute Gasteiger partial charge is 0.277 e. The molecule has 0 radical (unpaired) electrons. The van der Waals surface area contributed by atoms with Crippen molar-refractivity contribution in [2.75, 3.05) is 13.6 Å². The van der Waals surface area contributed by atoms with Crippen LogP contribution in [0.3, 0.4) is 0 Å². The van der Waals surface area contributed by atoms with Gasteiger partial charge in [0.25, 0.3) is 10.2 Å². The van der Waals surface area contributed by atoms with Gasteiger partial charge >= 0.3 is 0 Å². The summed E-state index contributed by atoms with van der Waals surface area (Å²) >= 11 is 0. The fraction of sp³-hybridized carbons (Fsp3) is 0.619. The molecule has 2 heterocycles. The quantitative estimate of drug-likeness (QED) is 0.681. The lowest BCUT2D eigenvalue weighted by atomic mass is 10.0.